The monoisotopic (exact) mass is 455 g/mol. The van der Waals surface area contributed by atoms with Gasteiger partial charge in [0.25, 0.3) is 11.8 Å². The van der Waals surface area contributed by atoms with Crippen molar-refractivity contribution in [3.05, 3.63) is 101 Å². The molecule has 0 radical (unpaired) electrons. The molecule has 3 amide bonds. The third-order valence-electron chi connectivity index (χ3n) is 6.13. The molecule has 0 saturated heterocycles. The van der Waals surface area contributed by atoms with Gasteiger partial charge >= 0.3 is 0 Å². The molecular formula is C28H29N3O3. The van der Waals surface area contributed by atoms with Crippen molar-refractivity contribution in [3.63, 3.8) is 0 Å². The Kier molecular flexibility index (Phi) is 7.48. The van der Waals surface area contributed by atoms with E-state index in [1.807, 2.05) is 30.3 Å². The molecule has 2 aromatic carbocycles. The molecule has 1 fully saturated rings. The van der Waals surface area contributed by atoms with E-state index in [2.05, 4.69) is 39.9 Å². The van der Waals surface area contributed by atoms with Gasteiger partial charge in [-0.15, -0.1) is 0 Å². The first-order chi connectivity index (χ1) is 16.5. The van der Waals surface area contributed by atoms with Crippen LogP contribution in [0.4, 0.5) is 0 Å². The molecule has 1 aliphatic carbocycles. The van der Waals surface area contributed by atoms with Crippen LogP contribution in [0.25, 0.3) is 0 Å². The molecule has 0 unspecified atom stereocenters. The first kappa shape index (κ1) is 23.4. The highest BCUT2D eigenvalue weighted by Crippen LogP contribution is 2.35. The van der Waals surface area contributed by atoms with Crippen LogP contribution < -0.4 is 10.6 Å². The molecular weight excluding hydrogens is 426 g/mol. The van der Waals surface area contributed by atoms with Gasteiger partial charge in [-0.1, -0.05) is 54.6 Å². The molecule has 6 nitrogen and oxygen atoms in total. The Morgan fingerprint density at radius 2 is 1.44 bits per heavy atom. The van der Waals surface area contributed by atoms with Crippen molar-refractivity contribution in [1.82, 2.24) is 15.6 Å². The molecule has 3 aromatic rings. The molecule has 174 valence electrons. The number of pyridine rings is 1. The average molecular weight is 456 g/mol. The lowest BCUT2D eigenvalue weighted by molar-refractivity contribution is -0.131. The number of carbonyl (C=O) groups excluding carboxylic acids is 3. The van der Waals surface area contributed by atoms with Crippen LogP contribution >= 0.6 is 0 Å². The van der Waals surface area contributed by atoms with Gasteiger partial charge in [-0.25, -0.2) is 0 Å². The fourth-order valence-electron chi connectivity index (χ4n) is 3.92. The van der Waals surface area contributed by atoms with Gasteiger partial charge in [0.15, 0.2) is 0 Å². The van der Waals surface area contributed by atoms with E-state index >= 15 is 0 Å². The largest absolute Gasteiger partial charge is 0.338 e. The summed E-state index contributed by atoms with van der Waals surface area (Å²) in [6.07, 6.45) is 8.48. The van der Waals surface area contributed by atoms with Crippen molar-refractivity contribution in [3.8, 4) is 0 Å². The number of hydrogen-bond acceptors (Lipinski definition) is 4. The molecule has 0 spiro atoms. The molecule has 34 heavy (non-hydrogen) atoms. The lowest BCUT2D eigenvalue weighted by Gasteiger charge is -2.16. The smallest absolute Gasteiger partial charge is 0.253 e. The zero-order valence-corrected chi connectivity index (χ0v) is 19.1. The van der Waals surface area contributed by atoms with Crippen molar-refractivity contribution < 1.29 is 14.4 Å². The standard InChI is InChI=1S/C28H29N3O3/c32-25(30-27(34)28(16-17-28)31-26(33)24-11-6-18-29-20-24)19-23-14-12-22(13-15-23)10-5-4-9-21-7-2-1-3-8-21/h1-3,6-8,11-15,18,20H,4-5,9-10,16-17,19H2,(H,31,33)(H,30,32,34). The molecule has 0 aliphatic heterocycles. The van der Waals surface area contributed by atoms with Gasteiger partial charge < -0.3 is 5.32 Å². The average Bonchev–Trinajstić information content (AvgIpc) is 3.65. The number of nitrogens with one attached hydrogen (secondary N) is 2. The number of amides is 3. The summed E-state index contributed by atoms with van der Waals surface area (Å²) in [5.74, 6) is -1.19. The van der Waals surface area contributed by atoms with Gasteiger partial charge in [-0.2, -0.15) is 0 Å². The number of hydrogen-bond donors (Lipinski definition) is 2. The summed E-state index contributed by atoms with van der Waals surface area (Å²) in [6, 6.07) is 21.7. The predicted molar refractivity (Wildman–Crippen MR) is 130 cm³/mol. The zero-order valence-electron chi connectivity index (χ0n) is 19.1. The topological polar surface area (TPSA) is 88.2 Å². The maximum atomic E-state index is 12.6. The van der Waals surface area contributed by atoms with Crippen LogP contribution in [0, 0.1) is 0 Å². The second-order valence-corrected chi connectivity index (χ2v) is 8.84. The van der Waals surface area contributed by atoms with Crippen molar-refractivity contribution in [1.29, 1.82) is 0 Å². The van der Waals surface area contributed by atoms with Crippen LogP contribution in [0.15, 0.2) is 79.1 Å². The third-order valence-corrected chi connectivity index (χ3v) is 6.13. The number of unbranched alkanes of at least 4 members (excludes halogenated alkanes) is 1. The van der Waals surface area contributed by atoms with Crippen molar-refractivity contribution in [2.75, 3.05) is 0 Å². The van der Waals surface area contributed by atoms with E-state index in [0.717, 1.165) is 31.2 Å². The first-order valence-corrected chi connectivity index (χ1v) is 11.7. The maximum Gasteiger partial charge on any atom is 0.253 e. The van der Waals surface area contributed by atoms with E-state index in [-0.39, 0.29) is 18.2 Å². The van der Waals surface area contributed by atoms with Gasteiger partial charge in [0.2, 0.25) is 5.91 Å². The van der Waals surface area contributed by atoms with Gasteiger partial charge in [0.05, 0.1) is 12.0 Å². The number of aromatic nitrogens is 1. The Bertz CT molecular complexity index is 1120. The second kappa shape index (κ2) is 10.9. The Balaban J connectivity index is 1.20. The summed E-state index contributed by atoms with van der Waals surface area (Å²) >= 11 is 0. The SMILES string of the molecule is O=C(Cc1ccc(CCCCc2ccccc2)cc1)NC(=O)C1(NC(=O)c2cccnc2)CC1. The molecule has 1 saturated carbocycles. The quantitative estimate of drug-likeness (QED) is 0.455. The number of carbonyl (C=O) groups is 3. The highest BCUT2D eigenvalue weighted by molar-refractivity contribution is 6.05. The fraction of sp³-hybridized carbons (Fsp3) is 0.286. The van der Waals surface area contributed by atoms with E-state index in [4.69, 9.17) is 0 Å². The normalized spacial score (nSPS) is 13.6. The number of benzene rings is 2. The molecule has 0 bridgehead atoms. The molecule has 2 N–H and O–H groups in total. The Labute approximate surface area is 199 Å². The van der Waals surface area contributed by atoms with Crippen LogP contribution in [-0.4, -0.2) is 28.2 Å². The highest BCUT2D eigenvalue weighted by atomic mass is 16.2. The number of aryl methyl sites for hydroxylation is 2. The second-order valence-electron chi connectivity index (χ2n) is 8.84. The lowest BCUT2D eigenvalue weighted by Crippen LogP contribution is -2.50. The van der Waals surface area contributed by atoms with Gasteiger partial charge in [0.1, 0.15) is 5.54 Å². The summed E-state index contributed by atoms with van der Waals surface area (Å²) in [5.41, 5.74) is 2.83. The molecule has 1 aliphatic rings. The van der Waals surface area contributed by atoms with E-state index in [1.54, 1.807) is 18.3 Å². The van der Waals surface area contributed by atoms with E-state index in [1.165, 1.54) is 17.3 Å². The highest BCUT2D eigenvalue weighted by Gasteiger charge is 2.51. The lowest BCUT2D eigenvalue weighted by atomic mass is 10.0. The van der Waals surface area contributed by atoms with Crippen LogP contribution in [0.3, 0.4) is 0 Å². The number of imide groups is 1. The summed E-state index contributed by atoms with van der Waals surface area (Å²) < 4.78 is 0. The first-order valence-electron chi connectivity index (χ1n) is 11.7. The van der Waals surface area contributed by atoms with E-state index in [0.29, 0.717) is 18.4 Å². The number of nitrogens with zero attached hydrogens (tertiary/aromatic N) is 1. The predicted octanol–water partition coefficient (Wildman–Crippen LogP) is 3.79. The minimum atomic E-state index is -1.01. The Morgan fingerprint density at radius 3 is 2.06 bits per heavy atom. The summed E-state index contributed by atoms with van der Waals surface area (Å²) in [7, 11) is 0. The fourth-order valence-corrected chi connectivity index (χ4v) is 3.92. The number of rotatable bonds is 10. The van der Waals surface area contributed by atoms with Crippen LogP contribution in [0.1, 0.15) is 52.7 Å². The minimum absolute atomic E-state index is 0.118. The van der Waals surface area contributed by atoms with Crippen molar-refractivity contribution in [2.24, 2.45) is 0 Å². The molecule has 1 aromatic heterocycles. The van der Waals surface area contributed by atoms with Crippen LogP contribution in [-0.2, 0) is 28.9 Å². The van der Waals surface area contributed by atoms with Crippen molar-refractivity contribution >= 4 is 17.7 Å². The zero-order chi connectivity index (χ0) is 23.8. The molecule has 4 rings (SSSR count). The van der Waals surface area contributed by atoms with Gasteiger partial charge in [-0.05, 0) is 67.3 Å². The molecule has 6 heteroatoms. The minimum Gasteiger partial charge on any atom is -0.338 e. The summed E-state index contributed by atoms with van der Waals surface area (Å²) in [5, 5.41) is 5.20. The Hall–Kier alpha value is -3.80. The summed E-state index contributed by atoms with van der Waals surface area (Å²) in [4.78, 5) is 41.3. The maximum absolute atomic E-state index is 12.6. The van der Waals surface area contributed by atoms with E-state index < -0.39 is 11.4 Å². The Morgan fingerprint density at radius 1 is 0.794 bits per heavy atom. The third kappa shape index (κ3) is 6.38. The van der Waals surface area contributed by atoms with Gasteiger partial charge in [0, 0.05) is 12.4 Å². The van der Waals surface area contributed by atoms with Crippen LogP contribution in [0.2, 0.25) is 0 Å². The van der Waals surface area contributed by atoms with Crippen molar-refractivity contribution in [2.45, 2.75) is 50.5 Å². The molecule has 1 heterocycles. The van der Waals surface area contributed by atoms with Gasteiger partial charge in [-0.3, -0.25) is 24.7 Å². The summed E-state index contributed by atoms with van der Waals surface area (Å²) in [6.45, 7) is 0. The molecule has 0 atom stereocenters. The van der Waals surface area contributed by atoms with E-state index in [9.17, 15) is 14.4 Å². The van der Waals surface area contributed by atoms with Crippen LogP contribution in [0.5, 0.6) is 0 Å².